The molecule has 3 rings (SSSR count). The van der Waals surface area contributed by atoms with Crippen LogP contribution in [-0.2, 0) is 0 Å². The summed E-state index contributed by atoms with van der Waals surface area (Å²) in [6.07, 6.45) is 8.85. The van der Waals surface area contributed by atoms with E-state index in [-0.39, 0.29) is 0 Å². The highest BCUT2D eigenvalue weighted by Gasteiger charge is 2.25. The number of hydrogen-bond acceptors (Lipinski definition) is 3. The van der Waals surface area contributed by atoms with Crippen molar-refractivity contribution in [3.8, 4) is 0 Å². The first-order valence-electron chi connectivity index (χ1n) is 7.87. The molecule has 0 bridgehead atoms. The Morgan fingerprint density at radius 2 is 2.25 bits per heavy atom. The molecular formula is C17H24N2S. The van der Waals surface area contributed by atoms with E-state index in [0.717, 1.165) is 11.4 Å². The van der Waals surface area contributed by atoms with Crippen LogP contribution in [-0.4, -0.2) is 11.0 Å². The van der Waals surface area contributed by atoms with E-state index in [9.17, 15) is 0 Å². The maximum Gasteiger partial charge on any atom is 0.0809 e. The predicted octanol–water partition coefficient (Wildman–Crippen LogP) is 4.92. The molecule has 0 aromatic carbocycles. The van der Waals surface area contributed by atoms with Crippen LogP contribution in [0.4, 0.5) is 0 Å². The fourth-order valence-corrected chi connectivity index (χ4v) is 4.22. The molecule has 3 atom stereocenters. The van der Waals surface area contributed by atoms with Crippen LogP contribution in [0, 0.1) is 5.92 Å². The van der Waals surface area contributed by atoms with Crippen LogP contribution in [0.1, 0.15) is 57.6 Å². The van der Waals surface area contributed by atoms with Crippen molar-refractivity contribution in [1.82, 2.24) is 10.3 Å². The molecule has 0 saturated heterocycles. The number of rotatable bonds is 4. The first kappa shape index (κ1) is 14.0. The van der Waals surface area contributed by atoms with Crippen LogP contribution in [0.5, 0.6) is 0 Å². The number of hydrogen-bond donors (Lipinski definition) is 1. The Labute approximate surface area is 125 Å². The van der Waals surface area contributed by atoms with Gasteiger partial charge in [-0.2, -0.15) is 0 Å². The molecule has 0 radical (unpaired) electrons. The number of nitrogens with one attached hydrogen (secondary N) is 1. The minimum Gasteiger partial charge on any atom is -0.307 e. The van der Waals surface area contributed by atoms with E-state index in [1.165, 1.54) is 42.4 Å². The van der Waals surface area contributed by atoms with Crippen LogP contribution in [0.2, 0.25) is 0 Å². The van der Waals surface area contributed by atoms with Crippen LogP contribution in [0.3, 0.4) is 0 Å². The molecule has 2 heterocycles. The number of pyridine rings is 1. The Morgan fingerprint density at radius 3 is 3.10 bits per heavy atom. The maximum atomic E-state index is 4.56. The molecule has 3 heteroatoms. The first-order chi connectivity index (χ1) is 9.78. The van der Waals surface area contributed by atoms with Gasteiger partial charge in [0.2, 0.25) is 0 Å². The molecule has 0 amide bonds. The molecule has 1 saturated carbocycles. The van der Waals surface area contributed by atoms with E-state index < -0.39 is 0 Å². The lowest BCUT2D eigenvalue weighted by Crippen LogP contribution is -2.39. The molecule has 20 heavy (non-hydrogen) atoms. The lowest BCUT2D eigenvalue weighted by molar-refractivity contribution is 0.240. The fraction of sp³-hybridized carbons (Fsp3) is 0.588. The van der Waals surface area contributed by atoms with Gasteiger partial charge in [0.25, 0.3) is 0 Å². The molecule has 3 unspecified atom stereocenters. The molecule has 0 aliphatic heterocycles. The summed E-state index contributed by atoms with van der Waals surface area (Å²) in [6.45, 7) is 4.60. The molecule has 108 valence electrons. The Balaban J connectivity index is 1.72. The second-order valence-electron chi connectivity index (χ2n) is 6.02. The lowest BCUT2D eigenvalue weighted by atomic mass is 9.82. The van der Waals surface area contributed by atoms with Gasteiger partial charge < -0.3 is 5.32 Å². The zero-order valence-electron chi connectivity index (χ0n) is 12.4. The topological polar surface area (TPSA) is 24.9 Å². The lowest BCUT2D eigenvalue weighted by Gasteiger charge is -2.34. The van der Waals surface area contributed by atoms with Gasteiger partial charge in [-0.1, -0.05) is 26.2 Å². The van der Waals surface area contributed by atoms with Gasteiger partial charge in [0.1, 0.15) is 0 Å². The average Bonchev–Trinajstić information content (AvgIpc) is 2.95. The van der Waals surface area contributed by atoms with E-state index in [1.54, 1.807) is 11.3 Å². The van der Waals surface area contributed by atoms with Gasteiger partial charge in [-0.3, -0.25) is 4.98 Å². The van der Waals surface area contributed by atoms with E-state index in [2.05, 4.69) is 41.7 Å². The highest BCUT2D eigenvalue weighted by molar-refractivity contribution is 7.17. The molecule has 2 nitrogen and oxygen atoms in total. The van der Waals surface area contributed by atoms with Crippen LogP contribution >= 0.6 is 11.3 Å². The van der Waals surface area contributed by atoms with Gasteiger partial charge in [0.05, 0.1) is 10.2 Å². The SMILES string of the molecule is CCC1CCCCC1NC(C)c1cnc2ccsc2c1. The molecular weight excluding hydrogens is 264 g/mol. The number of aromatic nitrogens is 1. The van der Waals surface area contributed by atoms with Gasteiger partial charge in [-0.25, -0.2) is 0 Å². The Morgan fingerprint density at radius 1 is 1.40 bits per heavy atom. The number of nitrogens with zero attached hydrogens (tertiary/aromatic N) is 1. The van der Waals surface area contributed by atoms with Gasteiger partial charge in [0.15, 0.2) is 0 Å². The zero-order valence-corrected chi connectivity index (χ0v) is 13.2. The molecule has 2 aromatic rings. The second-order valence-corrected chi connectivity index (χ2v) is 6.97. The van der Waals surface area contributed by atoms with Crippen molar-refractivity contribution in [2.24, 2.45) is 5.92 Å². The van der Waals surface area contributed by atoms with E-state index in [1.807, 2.05) is 6.20 Å². The largest absolute Gasteiger partial charge is 0.307 e. The van der Waals surface area contributed by atoms with Gasteiger partial charge >= 0.3 is 0 Å². The van der Waals surface area contributed by atoms with Gasteiger partial charge in [0, 0.05) is 18.3 Å². The predicted molar refractivity (Wildman–Crippen MR) is 87.2 cm³/mol. The van der Waals surface area contributed by atoms with Crippen molar-refractivity contribution < 1.29 is 0 Å². The highest BCUT2D eigenvalue weighted by atomic mass is 32.1. The number of thiophene rings is 1. The molecule has 1 fully saturated rings. The first-order valence-corrected chi connectivity index (χ1v) is 8.75. The minimum atomic E-state index is 0.395. The number of fused-ring (bicyclic) bond motifs is 1. The summed E-state index contributed by atoms with van der Waals surface area (Å²) in [5.74, 6) is 0.852. The summed E-state index contributed by atoms with van der Waals surface area (Å²) >= 11 is 1.78. The monoisotopic (exact) mass is 288 g/mol. The average molecular weight is 288 g/mol. The highest BCUT2D eigenvalue weighted by Crippen LogP contribution is 2.29. The van der Waals surface area contributed by atoms with Gasteiger partial charge in [-0.15, -0.1) is 11.3 Å². The van der Waals surface area contributed by atoms with E-state index >= 15 is 0 Å². The summed E-state index contributed by atoms with van der Waals surface area (Å²) in [7, 11) is 0. The van der Waals surface area contributed by atoms with Crippen LogP contribution < -0.4 is 5.32 Å². The van der Waals surface area contributed by atoms with Gasteiger partial charge in [-0.05, 0) is 48.8 Å². The van der Waals surface area contributed by atoms with Crippen LogP contribution in [0.25, 0.3) is 10.2 Å². The van der Waals surface area contributed by atoms with Crippen molar-refractivity contribution in [2.75, 3.05) is 0 Å². The van der Waals surface area contributed by atoms with Crippen molar-refractivity contribution >= 4 is 21.6 Å². The fourth-order valence-electron chi connectivity index (χ4n) is 3.43. The minimum absolute atomic E-state index is 0.395. The van der Waals surface area contributed by atoms with Crippen molar-refractivity contribution in [3.05, 3.63) is 29.3 Å². The maximum absolute atomic E-state index is 4.56. The third-order valence-electron chi connectivity index (χ3n) is 4.72. The molecule has 1 aliphatic carbocycles. The summed E-state index contributed by atoms with van der Waals surface area (Å²) in [5.41, 5.74) is 2.44. The smallest absolute Gasteiger partial charge is 0.0809 e. The van der Waals surface area contributed by atoms with Crippen molar-refractivity contribution in [1.29, 1.82) is 0 Å². The quantitative estimate of drug-likeness (QED) is 0.864. The van der Waals surface area contributed by atoms with Crippen molar-refractivity contribution in [3.63, 3.8) is 0 Å². The molecule has 1 N–H and O–H groups in total. The Bertz CT molecular complexity index is 563. The third-order valence-corrected chi connectivity index (χ3v) is 5.57. The van der Waals surface area contributed by atoms with E-state index in [4.69, 9.17) is 0 Å². The van der Waals surface area contributed by atoms with E-state index in [0.29, 0.717) is 12.1 Å². The Hall–Kier alpha value is -0.930. The normalized spacial score (nSPS) is 24.9. The summed E-state index contributed by atoms with van der Waals surface area (Å²) in [5, 5.41) is 5.98. The molecule has 0 spiro atoms. The van der Waals surface area contributed by atoms with Crippen LogP contribution in [0.15, 0.2) is 23.7 Å². The summed E-state index contributed by atoms with van der Waals surface area (Å²) in [6, 6.07) is 5.47. The molecule has 1 aliphatic rings. The Kier molecular flexibility index (Phi) is 4.37. The third kappa shape index (κ3) is 2.89. The summed E-state index contributed by atoms with van der Waals surface area (Å²) < 4.78 is 1.30. The summed E-state index contributed by atoms with van der Waals surface area (Å²) in [4.78, 5) is 4.56. The van der Waals surface area contributed by atoms with Crippen molar-refractivity contribution in [2.45, 2.75) is 58.0 Å². The zero-order chi connectivity index (χ0) is 13.9. The standard InChI is InChI=1S/C17H24N2S/c1-3-13-6-4-5-7-15(13)19-12(2)14-10-17-16(18-11-14)8-9-20-17/h8-13,15,19H,3-7H2,1-2H3. The molecule has 2 aromatic heterocycles. The second kappa shape index (κ2) is 6.23.